The summed E-state index contributed by atoms with van der Waals surface area (Å²) >= 11 is 1.36. The number of aromatic nitrogens is 3. The summed E-state index contributed by atoms with van der Waals surface area (Å²) in [6.45, 7) is 2.22. The Morgan fingerprint density at radius 1 is 1.20 bits per heavy atom. The Hall–Kier alpha value is -3.14. The maximum Gasteiger partial charge on any atom is 0.288 e. The summed E-state index contributed by atoms with van der Waals surface area (Å²) in [5.74, 6) is 0.818. The first-order chi connectivity index (χ1) is 14.6. The van der Waals surface area contributed by atoms with Gasteiger partial charge in [0.25, 0.3) is 11.5 Å². The molecule has 0 bridgehead atoms. The van der Waals surface area contributed by atoms with E-state index in [1.807, 2.05) is 18.2 Å². The number of methoxy groups -OCH3 is 2. The number of amides is 1. The SMILES string of the molecule is COc1ccc(CCNC(=O)c2cnc3sc(N4CCCC4)nn3c2=O)cc1OC. The van der Waals surface area contributed by atoms with E-state index in [1.165, 1.54) is 22.0 Å². The van der Waals surface area contributed by atoms with Gasteiger partial charge in [-0.15, -0.1) is 5.10 Å². The zero-order chi connectivity index (χ0) is 21.1. The fraction of sp³-hybridized carbons (Fsp3) is 0.400. The molecular formula is C20H23N5O4S. The fourth-order valence-corrected chi connectivity index (χ4v) is 4.33. The Bertz CT molecular complexity index is 1120. The Morgan fingerprint density at radius 3 is 2.70 bits per heavy atom. The van der Waals surface area contributed by atoms with Crippen LogP contribution in [0.15, 0.2) is 29.2 Å². The van der Waals surface area contributed by atoms with Gasteiger partial charge in [0.2, 0.25) is 10.1 Å². The van der Waals surface area contributed by atoms with E-state index in [2.05, 4.69) is 20.3 Å². The van der Waals surface area contributed by atoms with Gasteiger partial charge in [0, 0.05) is 25.8 Å². The molecular weight excluding hydrogens is 406 g/mol. The molecule has 0 saturated carbocycles. The van der Waals surface area contributed by atoms with Crippen LogP contribution >= 0.6 is 11.3 Å². The number of hydrogen-bond acceptors (Lipinski definition) is 8. The third-order valence-corrected chi connectivity index (χ3v) is 6.03. The van der Waals surface area contributed by atoms with Crippen molar-refractivity contribution in [1.29, 1.82) is 0 Å². The molecule has 0 unspecified atom stereocenters. The van der Waals surface area contributed by atoms with Crippen LogP contribution < -0.4 is 25.2 Å². The van der Waals surface area contributed by atoms with Crippen LogP contribution in [0.5, 0.6) is 11.5 Å². The van der Waals surface area contributed by atoms with Gasteiger partial charge in [0.1, 0.15) is 5.56 Å². The third kappa shape index (κ3) is 3.95. The minimum Gasteiger partial charge on any atom is -0.493 e. The number of anilines is 1. The normalized spacial score (nSPS) is 13.6. The molecule has 1 saturated heterocycles. The molecule has 4 rings (SSSR count). The van der Waals surface area contributed by atoms with E-state index in [1.54, 1.807) is 14.2 Å². The molecule has 1 aliphatic heterocycles. The summed E-state index contributed by atoms with van der Waals surface area (Å²) in [5.41, 5.74) is 0.511. The van der Waals surface area contributed by atoms with Crippen molar-refractivity contribution >= 4 is 27.3 Å². The Kier molecular flexibility index (Phi) is 5.84. The van der Waals surface area contributed by atoms with Gasteiger partial charge in [-0.25, -0.2) is 4.98 Å². The van der Waals surface area contributed by atoms with Gasteiger partial charge in [-0.3, -0.25) is 9.59 Å². The van der Waals surface area contributed by atoms with E-state index in [0.717, 1.165) is 36.6 Å². The first-order valence-corrected chi connectivity index (χ1v) is 10.6. The summed E-state index contributed by atoms with van der Waals surface area (Å²) in [6, 6.07) is 5.59. The maximum absolute atomic E-state index is 12.7. The van der Waals surface area contributed by atoms with Crippen LogP contribution in [-0.2, 0) is 6.42 Å². The van der Waals surface area contributed by atoms with Crippen molar-refractivity contribution in [3.05, 3.63) is 45.9 Å². The predicted octanol–water partition coefficient (Wildman–Crippen LogP) is 1.74. The minimum atomic E-state index is -0.460. The number of benzene rings is 1. The molecule has 10 heteroatoms. The first-order valence-electron chi connectivity index (χ1n) is 9.73. The zero-order valence-corrected chi connectivity index (χ0v) is 17.7. The molecule has 1 aromatic carbocycles. The predicted molar refractivity (Wildman–Crippen MR) is 114 cm³/mol. The van der Waals surface area contributed by atoms with Gasteiger partial charge in [-0.1, -0.05) is 17.4 Å². The van der Waals surface area contributed by atoms with E-state index >= 15 is 0 Å². The van der Waals surface area contributed by atoms with E-state index in [-0.39, 0.29) is 5.56 Å². The van der Waals surface area contributed by atoms with Gasteiger partial charge in [0.15, 0.2) is 11.5 Å². The smallest absolute Gasteiger partial charge is 0.288 e. The van der Waals surface area contributed by atoms with Gasteiger partial charge in [-0.2, -0.15) is 4.52 Å². The second-order valence-electron chi connectivity index (χ2n) is 6.95. The van der Waals surface area contributed by atoms with Crippen LogP contribution in [0, 0.1) is 0 Å². The van der Waals surface area contributed by atoms with Crippen molar-refractivity contribution in [3.8, 4) is 11.5 Å². The largest absolute Gasteiger partial charge is 0.493 e. The van der Waals surface area contributed by atoms with Gasteiger partial charge in [-0.05, 0) is 37.0 Å². The first kappa shape index (κ1) is 20.1. The van der Waals surface area contributed by atoms with Crippen molar-refractivity contribution < 1.29 is 14.3 Å². The van der Waals surface area contributed by atoms with Crippen molar-refractivity contribution in [2.75, 3.05) is 38.8 Å². The summed E-state index contributed by atoms with van der Waals surface area (Å²) in [4.78, 5) is 32.2. The molecule has 0 radical (unpaired) electrons. The van der Waals surface area contributed by atoms with Crippen LogP contribution in [0.2, 0.25) is 0 Å². The van der Waals surface area contributed by atoms with Gasteiger partial charge in [0.05, 0.1) is 14.2 Å². The molecule has 0 atom stereocenters. The lowest BCUT2D eigenvalue weighted by atomic mass is 10.1. The Labute approximate surface area is 177 Å². The van der Waals surface area contributed by atoms with Gasteiger partial charge < -0.3 is 19.7 Å². The average molecular weight is 430 g/mol. The molecule has 158 valence electrons. The van der Waals surface area contributed by atoms with Crippen LogP contribution in [0.1, 0.15) is 28.8 Å². The van der Waals surface area contributed by atoms with E-state index < -0.39 is 11.5 Å². The highest BCUT2D eigenvalue weighted by molar-refractivity contribution is 7.20. The van der Waals surface area contributed by atoms with Gasteiger partial charge >= 0.3 is 0 Å². The second-order valence-corrected chi connectivity index (χ2v) is 7.88. The van der Waals surface area contributed by atoms with Crippen LogP contribution in [0.25, 0.3) is 4.96 Å². The topological polar surface area (TPSA) is 98.1 Å². The number of nitrogens with one attached hydrogen (secondary N) is 1. The number of carbonyl (C=O) groups is 1. The summed E-state index contributed by atoms with van der Waals surface area (Å²) < 4.78 is 11.7. The van der Waals surface area contributed by atoms with Crippen molar-refractivity contribution in [3.63, 3.8) is 0 Å². The van der Waals surface area contributed by atoms with Crippen LogP contribution in [-0.4, -0.2) is 54.4 Å². The highest BCUT2D eigenvalue weighted by Gasteiger charge is 2.20. The molecule has 3 heterocycles. The Morgan fingerprint density at radius 2 is 1.97 bits per heavy atom. The molecule has 1 N–H and O–H groups in total. The maximum atomic E-state index is 12.7. The quantitative estimate of drug-likeness (QED) is 0.611. The number of nitrogens with zero attached hydrogens (tertiary/aromatic N) is 4. The molecule has 3 aromatic rings. The number of carbonyl (C=O) groups excluding carboxylic acids is 1. The summed E-state index contributed by atoms with van der Waals surface area (Å²) in [6.07, 6.45) is 4.15. The summed E-state index contributed by atoms with van der Waals surface area (Å²) in [7, 11) is 3.16. The molecule has 1 fully saturated rings. The summed E-state index contributed by atoms with van der Waals surface area (Å²) in [5, 5.41) is 7.93. The zero-order valence-electron chi connectivity index (χ0n) is 16.9. The molecule has 2 aromatic heterocycles. The lowest BCUT2D eigenvalue weighted by Crippen LogP contribution is -2.33. The molecule has 30 heavy (non-hydrogen) atoms. The molecule has 1 aliphatic rings. The fourth-order valence-electron chi connectivity index (χ4n) is 3.42. The molecule has 9 nitrogen and oxygen atoms in total. The number of ether oxygens (including phenoxy) is 2. The minimum absolute atomic E-state index is 0.0157. The number of hydrogen-bond donors (Lipinski definition) is 1. The standard InChI is InChI=1S/C20H23N5O4S/c1-28-15-6-5-13(11-16(15)29-2)7-8-21-17(26)14-12-22-19-25(18(14)27)23-20(30-19)24-9-3-4-10-24/h5-6,11-12H,3-4,7-10H2,1-2H3,(H,21,26). The third-order valence-electron chi connectivity index (χ3n) is 5.04. The van der Waals surface area contributed by atoms with Crippen LogP contribution in [0.4, 0.5) is 5.13 Å². The lowest BCUT2D eigenvalue weighted by Gasteiger charge is -2.10. The number of rotatable bonds is 7. The highest BCUT2D eigenvalue weighted by Crippen LogP contribution is 2.27. The van der Waals surface area contributed by atoms with Crippen LogP contribution in [0.3, 0.4) is 0 Å². The number of fused-ring (bicyclic) bond motifs is 1. The highest BCUT2D eigenvalue weighted by atomic mass is 32.1. The van der Waals surface area contributed by atoms with Crippen molar-refractivity contribution in [2.24, 2.45) is 0 Å². The average Bonchev–Trinajstić information content (AvgIpc) is 3.44. The van der Waals surface area contributed by atoms with Crippen molar-refractivity contribution in [1.82, 2.24) is 19.9 Å². The van der Waals surface area contributed by atoms with E-state index in [9.17, 15) is 9.59 Å². The lowest BCUT2D eigenvalue weighted by molar-refractivity contribution is 0.0952. The van der Waals surface area contributed by atoms with E-state index in [0.29, 0.717) is 29.4 Å². The second kappa shape index (κ2) is 8.70. The molecule has 0 aliphatic carbocycles. The molecule has 0 spiro atoms. The van der Waals surface area contributed by atoms with Crippen molar-refractivity contribution in [2.45, 2.75) is 19.3 Å². The Balaban J connectivity index is 1.44. The van der Waals surface area contributed by atoms with E-state index in [4.69, 9.17) is 9.47 Å². The molecule has 1 amide bonds. The monoisotopic (exact) mass is 429 g/mol.